The summed E-state index contributed by atoms with van der Waals surface area (Å²) in [6.07, 6.45) is 0. The molecule has 0 aromatic heterocycles. The predicted molar refractivity (Wildman–Crippen MR) is 111 cm³/mol. The Labute approximate surface area is 159 Å². The van der Waals surface area contributed by atoms with Crippen LogP contribution in [0.4, 0.5) is 0 Å². The van der Waals surface area contributed by atoms with Gasteiger partial charge < -0.3 is 4.43 Å². The van der Waals surface area contributed by atoms with Crippen LogP contribution in [0.2, 0.25) is 5.04 Å². The Morgan fingerprint density at radius 1 is 0.840 bits per heavy atom. The van der Waals surface area contributed by atoms with E-state index in [9.17, 15) is 0 Å². The maximum atomic E-state index is 6.91. The second-order valence-corrected chi connectivity index (χ2v) is 12.2. The van der Waals surface area contributed by atoms with Crippen LogP contribution < -0.4 is 14.8 Å². The molecule has 0 aliphatic carbocycles. The van der Waals surface area contributed by atoms with E-state index in [4.69, 9.17) is 4.43 Å². The maximum absolute atomic E-state index is 6.91. The van der Waals surface area contributed by atoms with Gasteiger partial charge in [0, 0.05) is 4.47 Å². The Hall–Kier alpha value is -1.84. The van der Waals surface area contributed by atoms with Crippen molar-refractivity contribution in [3.05, 3.63) is 89.4 Å². The fourth-order valence-electron chi connectivity index (χ4n) is 3.31. The van der Waals surface area contributed by atoms with Crippen molar-refractivity contribution in [3.63, 3.8) is 0 Å². The van der Waals surface area contributed by atoms with Crippen LogP contribution in [0.5, 0.6) is 5.75 Å². The van der Waals surface area contributed by atoms with Gasteiger partial charge >= 0.3 is 8.32 Å². The molecule has 0 unspecified atom stereocenters. The van der Waals surface area contributed by atoms with Crippen LogP contribution in [0.1, 0.15) is 20.8 Å². The van der Waals surface area contributed by atoms with Gasteiger partial charge in [0.05, 0.1) is 0 Å². The van der Waals surface area contributed by atoms with Gasteiger partial charge in [0.2, 0.25) is 0 Å². The zero-order valence-corrected chi connectivity index (χ0v) is 17.4. The summed E-state index contributed by atoms with van der Waals surface area (Å²) in [5.41, 5.74) is 0. The van der Waals surface area contributed by atoms with Gasteiger partial charge in [-0.05, 0) is 39.7 Å². The molecule has 0 amide bonds. The lowest BCUT2D eigenvalue weighted by Gasteiger charge is -2.43. The van der Waals surface area contributed by atoms with Crippen LogP contribution in [0.3, 0.4) is 0 Å². The molecule has 0 saturated carbocycles. The molecule has 3 aromatic rings. The Morgan fingerprint density at radius 2 is 1.36 bits per heavy atom. The van der Waals surface area contributed by atoms with Crippen LogP contribution in [0.15, 0.2) is 83.3 Å². The van der Waals surface area contributed by atoms with Crippen LogP contribution in [0.25, 0.3) is 0 Å². The van der Waals surface area contributed by atoms with E-state index in [1.807, 2.05) is 18.2 Å². The third kappa shape index (κ3) is 3.58. The van der Waals surface area contributed by atoms with Crippen molar-refractivity contribution in [2.24, 2.45) is 0 Å². The Kier molecular flexibility index (Phi) is 5.16. The van der Waals surface area contributed by atoms with Gasteiger partial charge in [-0.1, -0.05) is 97.4 Å². The first-order valence-electron chi connectivity index (χ1n) is 8.41. The van der Waals surface area contributed by atoms with Crippen molar-refractivity contribution in [2.45, 2.75) is 25.8 Å². The van der Waals surface area contributed by atoms with E-state index in [1.54, 1.807) is 0 Å². The van der Waals surface area contributed by atoms with Crippen molar-refractivity contribution in [1.82, 2.24) is 0 Å². The lowest BCUT2D eigenvalue weighted by molar-refractivity contribution is 0.508. The molecule has 127 valence electrons. The van der Waals surface area contributed by atoms with E-state index in [2.05, 4.69) is 103 Å². The third-order valence-electron chi connectivity index (χ3n) is 4.43. The fraction of sp³-hybridized carbons (Fsp3) is 0.182. The second-order valence-electron chi connectivity index (χ2n) is 7.14. The lowest BCUT2D eigenvalue weighted by Crippen LogP contribution is -2.68. The number of hydrogen-bond acceptors (Lipinski definition) is 1. The summed E-state index contributed by atoms with van der Waals surface area (Å²) in [6, 6.07) is 30.4. The Morgan fingerprint density at radius 3 is 1.80 bits per heavy atom. The van der Waals surface area contributed by atoms with E-state index in [1.165, 1.54) is 10.4 Å². The molecular weight excluding hydrogens is 388 g/mol. The molecular formula is C22H22BrOSi. The Bertz CT molecular complexity index is 786. The summed E-state index contributed by atoms with van der Waals surface area (Å²) in [5.74, 6) is 0.875. The first kappa shape index (κ1) is 18.0. The normalized spacial score (nSPS) is 12.0. The second kappa shape index (κ2) is 7.18. The molecule has 0 atom stereocenters. The summed E-state index contributed by atoms with van der Waals surface area (Å²) < 4.78 is 7.81. The monoisotopic (exact) mass is 409 g/mol. The first-order valence-corrected chi connectivity index (χ1v) is 11.1. The van der Waals surface area contributed by atoms with Gasteiger partial charge in [-0.3, -0.25) is 0 Å². The van der Waals surface area contributed by atoms with Crippen molar-refractivity contribution < 1.29 is 4.43 Å². The van der Waals surface area contributed by atoms with Crippen molar-refractivity contribution >= 4 is 34.6 Å². The zero-order valence-electron chi connectivity index (χ0n) is 14.8. The van der Waals surface area contributed by atoms with Gasteiger partial charge in [0.15, 0.2) is 0 Å². The highest BCUT2D eigenvalue weighted by Gasteiger charge is 2.52. The minimum Gasteiger partial charge on any atom is -0.534 e. The fourth-order valence-corrected chi connectivity index (χ4v) is 8.08. The topological polar surface area (TPSA) is 9.23 Å². The highest BCUT2D eigenvalue weighted by molar-refractivity contribution is 9.10. The molecule has 0 saturated heterocycles. The average molecular weight is 410 g/mol. The highest BCUT2D eigenvalue weighted by Crippen LogP contribution is 2.37. The molecule has 0 heterocycles. The molecule has 25 heavy (non-hydrogen) atoms. The van der Waals surface area contributed by atoms with Crippen molar-refractivity contribution in [1.29, 1.82) is 0 Å². The van der Waals surface area contributed by atoms with Crippen molar-refractivity contribution in [3.8, 4) is 5.75 Å². The maximum Gasteiger partial charge on any atom is 0.319 e. The van der Waals surface area contributed by atoms with Gasteiger partial charge in [-0.2, -0.15) is 0 Å². The number of benzene rings is 3. The first-order chi connectivity index (χ1) is 11.9. The summed E-state index contributed by atoms with van der Waals surface area (Å²) in [5, 5.41) is 2.51. The minimum atomic E-state index is -2.55. The van der Waals surface area contributed by atoms with E-state index < -0.39 is 8.32 Å². The molecule has 0 N–H and O–H groups in total. The average Bonchev–Trinajstić information content (AvgIpc) is 2.60. The van der Waals surface area contributed by atoms with E-state index in [0.29, 0.717) is 0 Å². The van der Waals surface area contributed by atoms with Crippen LogP contribution in [-0.2, 0) is 0 Å². The molecule has 0 aliphatic rings. The van der Waals surface area contributed by atoms with E-state index in [0.717, 1.165) is 10.2 Å². The zero-order chi connectivity index (χ0) is 17.9. The minimum absolute atomic E-state index is 0.0399. The lowest BCUT2D eigenvalue weighted by atomic mass is 10.2. The smallest absolute Gasteiger partial charge is 0.319 e. The summed E-state index contributed by atoms with van der Waals surface area (Å²) >= 11 is 3.51. The predicted octanol–water partition coefficient (Wildman–Crippen LogP) is 5.19. The molecule has 0 aliphatic heterocycles. The molecule has 1 nitrogen and oxygen atoms in total. The highest BCUT2D eigenvalue weighted by atomic mass is 79.9. The third-order valence-corrected chi connectivity index (χ3v) is 9.83. The summed E-state index contributed by atoms with van der Waals surface area (Å²) in [7, 11) is -2.55. The quantitative estimate of drug-likeness (QED) is 0.538. The molecule has 1 radical (unpaired) electrons. The van der Waals surface area contributed by atoms with E-state index >= 15 is 0 Å². The summed E-state index contributed by atoms with van der Waals surface area (Å²) in [6.45, 7) is 6.84. The van der Waals surface area contributed by atoms with Gasteiger partial charge in [0.1, 0.15) is 5.75 Å². The number of halogens is 1. The van der Waals surface area contributed by atoms with Gasteiger partial charge in [-0.15, -0.1) is 0 Å². The number of rotatable bonds is 4. The standard InChI is InChI=1S/C22H22BrOSi/c1-22(2,3)25(20-13-6-4-7-14-20,21-15-8-5-9-16-21)24-19-12-10-11-18(23)17-19/h4-10,12-17H,1-3H3. The largest absolute Gasteiger partial charge is 0.534 e. The molecule has 3 heteroatoms. The van der Waals surface area contributed by atoms with E-state index in [-0.39, 0.29) is 5.04 Å². The Balaban J connectivity index is 2.26. The molecule has 3 aromatic carbocycles. The van der Waals surface area contributed by atoms with Gasteiger partial charge in [0.25, 0.3) is 0 Å². The molecule has 0 bridgehead atoms. The van der Waals surface area contributed by atoms with Crippen LogP contribution in [-0.4, -0.2) is 8.32 Å². The van der Waals surface area contributed by atoms with Crippen molar-refractivity contribution in [2.75, 3.05) is 0 Å². The number of hydrogen-bond donors (Lipinski definition) is 0. The molecule has 0 fully saturated rings. The SMILES string of the molecule is CC(C)(C)[Si](Oc1cc[c]c(Br)c1)(c1ccccc1)c1ccccc1. The van der Waals surface area contributed by atoms with Crippen LogP contribution in [0, 0.1) is 6.07 Å². The molecule has 0 spiro atoms. The summed E-state index contributed by atoms with van der Waals surface area (Å²) in [4.78, 5) is 0. The van der Waals surface area contributed by atoms with Crippen LogP contribution >= 0.6 is 15.9 Å². The van der Waals surface area contributed by atoms with Gasteiger partial charge in [-0.25, -0.2) is 0 Å². The molecule has 3 rings (SSSR count).